The average Bonchev–Trinajstić information content (AvgIpc) is 2.07. The first kappa shape index (κ1) is 10.9. The van der Waals surface area contributed by atoms with Crippen LogP contribution in [0.5, 0.6) is 0 Å². The number of halogens is 1. The molecular weight excluding hydrogens is 189 g/mol. The summed E-state index contributed by atoms with van der Waals surface area (Å²) >= 11 is 0. The van der Waals surface area contributed by atoms with Gasteiger partial charge in [0.25, 0.3) is 0 Å². The van der Waals surface area contributed by atoms with Crippen molar-refractivity contribution in [2.24, 2.45) is 5.92 Å². The van der Waals surface area contributed by atoms with Gasteiger partial charge >= 0.3 is 5.97 Å². The summed E-state index contributed by atoms with van der Waals surface area (Å²) in [5, 5.41) is 10.6. The van der Waals surface area contributed by atoms with Crippen molar-refractivity contribution >= 4 is 11.9 Å². The lowest BCUT2D eigenvalue weighted by atomic mass is 9.83. The first-order valence-electron chi connectivity index (χ1n) is 4.71. The lowest BCUT2D eigenvalue weighted by molar-refractivity contribution is -0.142. The fourth-order valence-corrected chi connectivity index (χ4v) is 1.38. The second-order valence-corrected chi connectivity index (χ2v) is 3.61. The predicted molar refractivity (Wildman–Crippen MR) is 47.5 cm³/mol. The number of amides is 1. The number of aliphatic carboxylic acids is 1. The van der Waals surface area contributed by atoms with Gasteiger partial charge in [-0.05, 0) is 18.8 Å². The number of carboxylic acids is 1. The Hall–Kier alpha value is -1.13. The highest BCUT2D eigenvalue weighted by atomic mass is 19.1. The minimum Gasteiger partial charge on any atom is -0.480 e. The third-order valence-electron chi connectivity index (χ3n) is 2.49. The maximum atomic E-state index is 12.1. The fraction of sp³-hybridized carbons (Fsp3) is 0.778. The van der Waals surface area contributed by atoms with E-state index < -0.39 is 18.7 Å². The second kappa shape index (κ2) is 4.93. The van der Waals surface area contributed by atoms with Gasteiger partial charge in [-0.15, -0.1) is 0 Å². The molecule has 14 heavy (non-hydrogen) atoms. The molecule has 1 unspecified atom stereocenters. The van der Waals surface area contributed by atoms with Crippen LogP contribution in [-0.2, 0) is 9.59 Å². The molecule has 1 aliphatic rings. The molecule has 0 heterocycles. The van der Waals surface area contributed by atoms with Gasteiger partial charge in [-0.3, -0.25) is 4.79 Å². The maximum Gasteiger partial charge on any atom is 0.328 e. The second-order valence-electron chi connectivity index (χ2n) is 3.61. The van der Waals surface area contributed by atoms with Gasteiger partial charge in [-0.25, -0.2) is 9.18 Å². The summed E-state index contributed by atoms with van der Waals surface area (Å²) in [7, 11) is 0. The predicted octanol–water partition coefficient (Wildman–Crippen LogP) is 0.716. The zero-order valence-corrected chi connectivity index (χ0v) is 7.83. The van der Waals surface area contributed by atoms with Crippen LogP contribution in [-0.4, -0.2) is 29.7 Å². The Labute approximate surface area is 81.5 Å². The number of rotatable bonds is 5. The minimum absolute atomic E-state index is 0.323. The molecule has 80 valence electrons. The van der Waals surface area contributed by atoms with E-state index in [1.54, 1.807) is 0 Å². The Bertz CT molecular complexity index is 228. The molecule has 0 radical (unpaired) electrons. The molecule has 0 aliphatic heterocycles. The third kappa shape index (κ3) is 2.97. The number of carbonyl (C=O) groups is 2. The molecule has 1 fully saturated rings. The summed E-state index contributed by atoms with van der Waals surface area (Å²) in [6.45, 7) is -1.06. The van der Waals surface area contributed by atoms with Crippen molar-refractivity contribution in [1.82, 2.24) is 5.32 Å². The Morgan fingerprint density at radius 2 is 2.14 bits per heavy atom. The van der Waals surface area contributed by atoms with Crippen LogP contribution in [0.2, 0.25) is 0 Å². The Morgan fingerprint density at radius 3 is 2.50 bits per heavy atom. The molecule has 1 amide bonds. The van der Waals surface area contributed by atoms with Crippen molar-refractivity contribution in [3.8, 4) is 0 Å². The average molecular weight is 203 g/mol. The third-order valence-corrected chi connectivity index (χ3v) is 2.49. The largest absolute Gasteiger partial charge is 0.480 e. The molecule has 1 rings (SSSR count). The smallest absolute Gasteiger partial charge is 0.328 e. The van der Waals surface area contributed by atoms with Crippen molar-refractivity contribution in [2.45, 2.75) is 31.7 Å². The molecule has 2 N–H and O–H groups in total. The van der Waals surface area contributed by atoms with Crippen LogP contribution in [0, 0.1) is 5.92 Å². The molecule has 1 aliphatic carbocycles. The van der Waals surface area contributed by atoms with Crippen LogP contribution in [0.3, 0.4) is 0 Å². The summed E-state index contributed by atoms with van der Waals surface area (Å²) < 4.78 is 12.1. The summed E-state index contributed by atoms with van der Waals surface area (Å²) in [6, 6.07) is -1.39. The zero-order chi connectivity index (χ0) is 10.6. The van der Waals surface area contributed by atoms with E-state index in [0.717, 1.165) is 19.3 Å². The Balaban J connectivity index is 2.26. The van der Waals surface area contributed by atoms with E-state index in [1.165, 1.54) is 0 Å². The molecule has 0 aromatic rings. The van der Waals surface area contributed by atoms with Crippen molar-refractivity contribution in [2.75, 3.05) is 6.67 Å². The summed E-state index contributed by atoms with van der Waals surface area (Å²) in [5.41, 5.74) is 0. The highest BCUT2D eigenvalue weighted by Gasteiger charge is 2.24. The summed E-state index contributed by atoms with van der Waals surface area (Å²) in [6.07, 6.45) is 3.48. The Morgan fingerprint density at radius 1 is 1.50 bits per heavy atom. The molecule has 0 aromatic carbocycles. The first-order chi connectivity index (χ1) is 6.63. The first-order valence-corrected chi connectivity index (χ1v) is 4.71. The molecule has 0 spiro atoms. The molecular formula is C9H14FNO3. The van der Waals surface area contributed by atoms with Crippen molar-refractivity contribution in [1.29, 1.82) is 0 Å². The van der Waals surface area contributed by atoms with Gasteiger partial charge < -0.3 is 10.4 Å². The molecule has 4 nitrogen and oxygen atoms in total. The molecule has 1 saturated carbocycles. The van der Waals surface area contributed by atoms with Gasteiger partial charge in [0.1, 0.15) is 6.67 Å². The highest BCUT2D eigenvalue weighted by Crippen LogP contribution is 2.29. The SMILES string of the molecule is O=C(CC1CCC1)NC(CF)C(=O)O. The summed E-state index contributed by atoms with van der Waals surface area (Å²) in [4.78, 5) is 21.6. The van der Waals surface area contributed by atoms with E-state index >= 15 is 0 Å². The Kier molecular flexibility index (Phi) is 3.85. The van der Waals surface area contributed by atoms with Crippen LogP contribution in [0.4, 0.5) is 4.39 Å². The van der Waals surface area contributed by atoms with Crippen LogP contribution in [0.25, 0.3) is 0 Å². The molecule has 5 heteroatoms. The molecule has 1 atom stereocenters. The van der Waals surface area contributed by atoms with Crippen LogP contribution < -0.4 is 5.32 Å². The topological polar surface area (TPSA) is 66.4 Å². The van der Waals surface area contributed by atoms with Crippen LogP contribution in [0.1, 0.15) is 25.7 Å². The minimum atomic E-state index is -1.39. The fourth-order valence-electron chi connectivity index (χ4n) is 1.38. The van der Waals surface area contributed by atoms with E-state index in [2.05, 4.69) is 5.32 Å². The molecule has 0 aromatic heterocycles. The number of hydrogen-bond acceptors (Lipinski definition) is 2. The van der Waals surface area contributed by atoms with E-state index in [-0.39, 0.29) is 5.91 Å². The van der Waals surface area contributed by atoms with E-state index in [0.29, 0.717) is 12.3 Å². The number of nitrogens with one attached hydrogen (secondary N) is 1. The molecule has 0 bridgehead atoms. The van der Waals surface area contributed by atoms with Crippen LogP contribution >= 0.6 is 0 Å². The van der Waals surface area contributed by atoms with Gasteiger partial charge in [-0.1, -0.05) is 6.42 Å². The van der Waals surface area contributed by atoms with E-state index in [4.69, 9.17) is 5.11 Å². The summed E-state index contributed by atoms with van der Waals surface area (Å²) in [5.74, 6) is -1.32. The van der Waals surface area contributed by atoms with E-state index in [9.17, 15) is 14.0 Å². The van der Waals surface area contributed by atoms with Gasteiger partial charge in [0.05, 0.1) is 0 Å². The standard InChI is InChI=1S/C9H14FNO3/c10-5-7(9(13)14)11-8(12)4-6-2-1-3-6/h6-7H,1-5H2,(H,11,12)(H,13,14). The van der Waals surface area contributed by atoms with Gasteiger partial charge in [-0.2, -0.15) is 0 Å². The lowest BCUT2D eigenvalue weighted by Crippen LogP contribution is -2.43. The van der Waals surface area contributed by atoms with E-state index in [1.807, 2.05) is 0 Å². The molecule has 0 saturated heterocycles. The highest BCUT2D eigenvalue weighted by molar-refractivity contribution is 5.83. The van der Waals surface area contributed by atoms with Crippen LogP contribution in [0.15, 0.2) is 0 Å². The van der Waals surface area contributed by atoms with Gasteiger partial charge in [0.2, 0.25) is 5.91 Å². The van der Waals surface area contributed by atoms with Gasteiger partial charge in [0, 0.05) is 6.42 Å². The van der Waals surface area contributed by atoms with Crippen molar-refractivity contribution in [3.63, 3.8) is 0 Å². The van der Waals surface area contributed by atoms with Crippen molar-refractivity contribution in [3.05, 3.63) is 0 Å². The monoisotopic (exact) mass is 203 g/mol. The van der Waals surface area contributed by atoms with Gasteiger partial charge in [0.15, 0.2) is 6.04 Å². The number of carbonyl (C=O) groups excluding carboxylic acids is 1. The number of carboxylic acid groups (broad SMARTS) is 1. The lowest BCUT2D eigenvalue weighted by Gasteiger charge is -2.24. The quantitative estimate of drug-likeness (QED) is 0.691. The van der Waals surface area contributed by atoms with Crippen molar-refractivity contribution < 1.29 is 19.1 Å². The maximum absolute atomic E-state index is 12.1. The number of hydrogen-bond donors (Lipinski definition) is 2. The zero-order valence-electron chi connectivity index (χ0n) is 7.83. The normalized spacial score (nSPS) is 18.4. The number of alkyl halides is 1.